The molecule has 0 aliphatic heterocycles. The summed E-state index contributed by atoms with van der Waals surface area (Å²) in [4.78, 5) is 0. The maximum atomic E-state index is 12.9. The van der Waals surface area contributed by atoms with Crippen LogP contribution in [0.5, 0.6) is 0 Å². The molecule has 0 spiro atoms. The molecule has 5 heteroatoms. The quantitative estimate of drug-likeness (QED) is 0.369. The largest absolute Gasteiger partial charge is 0.204 e. The second-order valence-corrected chi connectivity index (χ2v) is 2.48. The van der Waals surface area contributed by atoms with Crippen molar-refractivity contribution in [3.8, 4) is 17.9 Å². The minimum Gasteiger partial charge on any atom is -0.204 e. The minimum atomic E-state index is -1.56. The highest BCUT2D eigenvalue weighted by Gasteiger charge is 2.17. The third kappa shape index (κ3) is 2.26. The Morgan fingerprint density at radius 2 is 1.60 bits per heavy atom. The average Bonchev–Trinajstić information content (AvgIpc) is 2.20. The van der Waals surface area contributed by atoms with Crippen LogP contribution in [-0.2, 0) is 0 Å². The Labute approximate surface area is 82.9 Å². The van der Waals surface area contributed by atoms with Gasteiger partial charge in [-0.2, -0.15) is 5.26 Å². The zero-order chi connectivity index (χ0) is 11.4. The number of hydrogen-bond acceptors (Lipinski definition) is 1. The van der Waals surface area contributed by atoms with E-state index in [1.54, 1.807) is 6.07 Å². The van der Waals surface area contributed by atoms with Gasteiger partial charge in [0, 0.05) is 6.07 Å². The van der Waals surface area contributed by atoms with Gasteiger partial charge in [-0.15, -0.1) is 0 Å². The van der Waals surface area contributed by atoms with Crippen LogP contribution in [-0.4, -0.2) is 0 Å². The highest BCUT2D eigenvalue weighted by atomic mass is 19.2. The monoisotopic (exact) mass is 213 g/mol. The molecule has 0 unspecified atom stereocenters. The van der Waals surface area contributed by atoms with Crippen LogP contribution < -0.4 is 0 Å². The van der Waals surface area contributed by atoms with Crippen molar-refractivity contribution >= 4 is 0 Å². The molecule has 0 fully saturated rings. The van der Waals surface area contributed by atoms with E-state index < -0.39 is 28.8 Å². The molecule has 0 bridgehead atoms. The molecule has 1 aromatic rings. The molecular formula is C10H3F4N. The number of benzene rings is 1. The molecule has 0 amide bonds. The second-order valence-electron chi connectivity index (χ2n) is 2.48. The summed E-state index contributed by atoms with van der Waals surface area (Å²) in [6.45, 7) is 0. The van der Waals surface area contributed by atoms with Crippen LogP contribution in [0, 0.1) is 46.4 Å². The van der Waals surface area contributed by atoms with E-state index in [4.69, 9.17) is 5.26 Å². The van der Waals surface area contributed by atoms with E-state index in [0.717, 1.165) is 0 Å². The molecule has 1 aromatic carbocycles. The van der Waals surface area contributed by atoms with E-state index in [0.29, 0.717) is 0 Å². The van der Waals surface area contributed by atoms with E-state index in [1.165, 1.54) is 0 Å². The lowest BCUT2D eigenvalue weighted by atomic mass is 10.2. The summed E-state index contributed by atoms with van der Waals surface area (Å²) >= 11 is 0. The van der Waals surface area contributed by atoms with Crippen molar-refractivity contribution in [3.05, 3.63) is 34.9 Å². The summed E-state index contributed by atoms with van der Waals surface area (Å²) in [6.07, 6.45) is -0.281. The van der Waals surface area contributed by atoms with Crippen molar-refractivity contribution in [3.63, 3.8) is 0 Å². The van der Waals surface area contributed by atoms with Gasteiger partial charge in [0.05, 0.1) is 12.5 Å². The normalized spacial score (nSPS) is 9.00. The van der Waals surface area contributed by atoms with Gasteiger partial charge in [-0.25, -0.2) is 17.6 Å². The van der Waals surface area contributed by atoms with E-state index in [-0.39, 0.29) is 12.5 Å². The first kappa shape index (κ1) is 11.1. The maximum Gasteiger partial charge on any atom is 0.177 e. The van der Waals surface area contributed by atoms with Crippen molar-refractivity contribution in [2.24, 2.45) is 0 Å². The number of nitrogens with zero attached hydrogens (tertiary/aromatic N) is 1. The molecule has 1 rings (SSSR count). The summed E-state index contributed by atoms with van der Waals surface area (Å²) in [5, 5.41) is 8.10. The van der Waals surface area contributed by atoms with Crippen LogP contribution >= 0.6 is 0 Å². The van der Waals surface area contributed by atoms with Crippen molar-refractivity contribution in [2.75, 3.05) is 0 Å². The topological polar surface area (TPSA) is 23.8 Å². The minimum absolute atomic E-state index is 0.0974. The van der Waals surface area contributed by atoms with Gasteiger partial charge in [0.1, 0.15) is 5.56 Å². The second kappa shape index (κ2) is 4.47. The van der Waals surface area contributed by atoms with Gasteiger partial charge in [0.2, 0.25) is 0 Å². The molecule has 0 radical (unpaired) electrons. The van der Waals surface area contributed by atoms with E-state index >= 15 is 0 Å². The van der Waals surface area contributed by atoms with Crippen molar-refractivity contribution < 1.29 is 17.6 Å². The molecule has 0 aromatic heterocycles. The predicted molar refractivity (Wildman–Crippen MR) is 43.4 cm³/mol. The fourth-order valence-electron chi connectivity index (χ4n) is 0.855. The fourth-order valence-corrected chi connectivity index (χ4v) is 0.855. The van der Waals surface area contributed by atoms with Crippen LogP contribution in [0.1, 0.15) is 12.0 Å². The molecule has 0 aliphatic rings. The van der Waals surface area contributed by atoms with Crippen LogP contribution in [0.15, 0.2) is 6.07 Å². The van der Waals surface area contributed by atoms with Gasteiger partial charge in [0.25, 0.3) is 0 Å². The molecule has 0 N–H and O–H groups in total. The molecule has 15 heavy (non-hydrogen) atoms. The van der Waals surface area contributed by atoms with Crippen molar-refractivity contribution in [2.45, 2.75) is 6.42 Å². The van der Waals surface area contributed by atoms with E-state index in [9.17, 15) is 17.6 Å². The van der Waals surface area contributed by atoms with Crippen LogP contribution in [0.2, 0.25) is 0 Å². The Balaban J connectivity index is 3.30. The SMILES string of the molecule is N#CCC#Cc1c(F)c(F)cc(F)c1F. The van der Waals surface area contributed by atoms with Crippen molar-refractivity contribution in [1.29, 1.82) is 5.26 Å². The lowest BCUT2D eigenvalue weighted by Gasteiger charge is -1.99. The van der Waals surface area contributed by atoms with Crippen LogP contribution in [0.25, 0.3) is 0 Å². The zero-order valence-corrected chi connectivity index (χ0v) is 7.24. The average molecular weight is 213 g/mol. The number of rotatable bonds is 0. The summed E-state index contributed by atoms with van der Waals surface area (Å²) < 4.78 is 51.0. The molecule has 0 aliphatic carbocycles. The Morgan fingerprint density at radius 1 is 1.07 bits per heavy atom. The summed E-state index contributed by atoms with van der Waals surface area (Å²) in [7, 11) is 0. The Hall–Kier alpha value is -2.01. The van der Waals surface area contributed by atoms with Gasteiger partial charge >= 0.3 is 0 Å². The summed E-state index contributed by atoms with van der Waals surface area (Å²) in [6, 6.07) is 1.70. The number of halogens is 4. The number of nitriles is 1. The van der Waals surface area contributed by atoms with Crippen LogP contribution in [0.4, 0.5) is 17.6 Å². The smallest absolute Gasteiger partial charge is 0.177 e. The molecule has 0 atom stereocenters. The number of hydrogen-bond donors (Lipinski definition) is 0. The predicted octanol–water partition coefficient (Wildman–Crippen LogP) is 2.51. The van der Waals surface area contributed by atoms with Gasteiger partial charge in [-0.3, -0.25) is 0 Å². The fraction of sp³-hybridized carbons (Fsp3) is 0.100. The lowest BCUT2D eigenvalue weighted by molar-refractivity contribution is 0.450. The Kier molecular flexibility index (Phi) is 3.30. The molecule has 1 nitrogen and oxygen atoms in total. The molecule has 0 saturated heterocycles. The van der Waals surface area contributed by atoms with Gasteiger partial charge in [-0.05, 0) is 0 Å². The highest BCUT2D eigenvalue weighted by Crippen LogP contribution is 2.18. The zero-order valence-electron chi connectivity index (χ0n) is 7.24. The molecule has 0 heterocycles. The van der Waals surface area contributed by atoms with Crippen LogP contribution in [0.3, 0.4) is 0 Å². The van der Waals surface area contributed by atoms with Gasteiger partial charge < -0.3 is 0 Å². The third-order valence-electron chi connectivity index (χ3n) is 1.49. The van der Waals surface area contributed by atoms with E-state index in [1.807, 2.05) is 5.92 Å². The first-order valence-electron chi connectivity index (χ1n) is 3.76. The first-order chi connectivity index (χ1) is 7.07. The molecule has 76 valence electrons. The Morgan fingerprint density at radius 3 is 2.07 bits per heavy atom. The highest BCUT2D eigenvalue weighted by molar-refractivity contribution is 5.38. The van der Waals surface area contributed by atoms with Gasteiger partial charge in [0.15, 0.2) is 23.3 Å². The third-order valence-corrected chi connectivity index (χ3v) is 1.49. The maximum absolute atomic E-state index is 12.9. The summed E-state index contributed by atoms with van der Waals surface area (Å²) in [5.74, 6) is -2.22. The van der Waals surface area contributed by atoms with E-state index in [2.05, 4.69) is 5.92 Å². The molecule has 0 saturated carbocycles. The van der Waals surface area contributed by atoms with Crippen molar-refractivity contribution in [1.82, 2.24) is 0 Å². The standard InChI is InChI=1S/C10H3F4N/c11-7-5-8(12)10(14)6(9(7)13)3-1-2-4-15/h5H,2H2. The Bertz CT molecular complexity index is 465. The molecular weight excluding hydrogens is 210 g/mol. The summed E-state index contributed by atoms with van der Waals surface area (Å²) in [5.41, 5.74) is -0.997. The lowest BCUT2D eigenvalue weighted by Crippen LogP contribution is -1.98. The first-order valence-corrected chi connectivity index (χ1v) is 3.76. The van der Waals surface area contributed by atoms with Gasteiger partial charge in [-0.1, -0.05) is 11.8 Å².